The van der Waals surface area contributed by atoms with Crippen LogP contribution in [0.2, 0.25) is 5.02 Å². The summed E-state index contributed by atoms with van der Waals surface area (Å²) in [4.78, 5) is 19.0. The number of halogens is 1. The Morgan fingerprint density at radius 3 is 2.68 bits per heavy atom. The van der Waals surface area contributed by atoms with Gasteiger partial charge < -0.3 is 14.7 Å². The topological polar surface area (TPSA) is 71.3 Å². The van der Waals surface area contributed by atoms with Crippen molar-refractivity contribution in [1.82, 2.24) is 15.0 Å². The van der Waals surface area contributed by atoms with Gasteiger partial charge in [-0.15, -0.1) is 0 Å². The number of carbonyl (C=O) groups is 1. The summed E-state index contributed by atoms with van der Waals surface area (Å²) in [5.74, 6) is 1.14. The number of piperidine rings is 1. The molecule has 1 N–H and O–H groups in total. The number of aromatic nitrogens is 2. The van der Waals surface area contributed by atoms with Crippen LogP contribution in [0.25, 0.3) is 11.4 Å². The second-order valence-corrected chi connectivity index (χ2v) is 7.48. The molecule has 1 aliphatic heterocycles. The highest BCUT2D eigenvalue weighted by molar-refractivity contribution is 6.30. The number of hydrogen-bond donors (Lipinski definition) is 1. The summed E-state index contributed by atoms with van der Waals surface area (Å²) >= 11 is 5.93. The predicted octanol–water partition coefficient (Wildman–Crippen LogP) is 5.11. The van der Waals surface area contributed by atoms with Crippen molar-refractivity contribution in [1.29, 1.82) is 0 Å². The molecule has 0 radical (unpaired) electrons. The summed E-state index contributed by atoms with van der Waals surface area (Å²) in [7, 11) is 0. The summed E-state index contributed by atoms with van der Waals surface area (Å²) < 4.78 is 5.50. The summed E-state index contributed by atoms with van der Waals surface area (Å²) in [6.07, 6.45) is 1.81. The molecular weight excluding hydrogens is 376 g/mol. The van der Waals surface area contributed by atoms with E-state index in [0.717, 1.165) is 29.7 Å². The van der Waals surface area contributed by atoms with Gasteiger partial charge in [-0.2, -0.15) is 4.98 Å². The maximum Gasteiger partial charge on any atom is 0.321 e. The fourth-order valence-corrected chi connectivity index (χ4v) is 3.45. The van der Waals surface area contributed by atoms with Crippen LogP contribution in [-0.4, -0.2) is 34.2 Å². The third kappa shape index (κ3) is 4.17. The van der Waals surface area contributed by atoms with Crippen LogP contribution in [0, 0.1) is 6.92 Å². The number of carbonyl (C=O) groups excluding carboxylic acids is 1. The number of likely N-dealkylation sites (tertiary alicyclic amines) is 1. The Hall–Kier alpha value is -2.86. The van der Waals surface area contributed by atoms with Crippen LogP contribution in [-0.2, 0) is 0 Å². The van der Waals surface area contributed by atoms with Gasteiger partial charge in [-0.1, -0.05) is 34.5 Å². The maximum absolute atomic E-state index is 12.6. The minimum absolute atomic E-state index is 0.0334. The molecule has 1 atom stereocenters. The molecule has 0 spiro atoms. The SMILES string of the molecule is Cc1ccc(NC(=O)N2CCCC(c3nc(-c4ccc(Cl)cc4)no3)C2)cc1. The monoisotopic (exact) mass is 396 g/mol. The molecule has 1 aromatic heterocycles. The smallest absolute Gasteiger partial charge is 0.321 e. The lowest BCUT2D eigenvalue weighted by molar-refractivity contribution is 0.184. The Bertz CT molecular complexity index is 953. The summed E-state index contributed by atoms with van der Waals surface area (Å²) in [5.41, 5.74) is 2.80. The second kappa shape index (κ2) is 8.02. The molecule has 1 fully saturated rings. The normalized spacial score (nSPS) is 16.8. The van der Waals surface area contributed by atoms with E-state index in [2.05, 4.69) is 15.5 Å². The van der Waals surface area contributed by atoms with Crippen molar-refractivity contribution in [2.45, 2.75) is 25.7 Å². The average molecular weight is 397 g/mol. The number of anilines is 1. The van der Waals surface area contributed by atoms with Crippen LogP contribution in [0.1, 0.15) is 30.2 Å². The minimum atomic E-state index is -0.106. The lowest BCUT2D eigenvalue weighted by atomic mass is 9.98. The first kappa shape index (κ1) is 18.5. The van der Waals surface area contributed by atoms with Crippen LogP contribution < -0.4 is 5.32 Å². The van der Waals surface area contributed by atoms with Gasteiger partial charge >= 0.3 is 6.03 Å². The van der Waals surface area contributed by atoms with Crippen LogP contribution >= 0.6 is 11.6 Å². The highest BCUT2D eigenvalue weighted by Crippen LogP contribution is 2.28. The van der Waals surface area contributed by atoms with Gasteiger partial charge in [-0.05, 0) is 56.2 Å². The zero-order valence-corrected chi connectivity index (χ0v) is 16.3. The van der Waals surface area contributed by atoms with Crippen LogP contribution in [0.4, 0.5) is 10.5 Å². The van der Waals surface area contributed by atoms with Crippen molar-refractivity contribution < 1.29 is 9.32 Å². The Balaban J connectivity index is 1.43. The number of amides is 2. The molecule has 4 rings (SSSR count). The molecule has 0 saturated carbocycles. The van der Waals surface area contributed by atoms with Crippen molar-refractivity contribution in [2.75, 3.05) is 18.4 Å². The van der Waals surface area contributed by atoms with E-state index in [-0.39, 0.29) is 11.9 Å². The largest absolute Gasteiger partial charge is 0.339 e. The van der Waals surface area contributed by atoms with Gasteiger partial charge in [0.05, 0.1) is 5.92 Å². The second-order valence-electron chi connectivity index (χ2n) is 7.04. The first-order valence-corrected chi connectivity index (χ1v) is 9.68. The first-order valence-electron chi connectivity index (χ1n) is 9.30. The number of benzene rings is 2. The predicted molar refractivity (Wildman–Crippen MR) is 108 cm³/mol. The van der Waals surface area contributed by atoms with E-state index in [1.54, 1.807) is 17.0 Å². The van der Waals surface area contributed by atoms with Gasteiger partial charge in [0.2, 0.25) is 11.7 Å². The molecule has 2 heterocycles. The lowest BCUT2D eigenvalue weighted by Gasteiger charge is -2.31. The van der Waals surface area contributed by atoms with Gasteiger partial charge in [0.15, 0.2) is 0 Å². The minimum Gasteiger partial charge on any atom is -0.339 e. The number of urea groups is 1. The summed E-state index contributed by atoms with van der Waals surface area (Å²) in [6.45, 7) is 3.29. The van der Waals surface area contributed by atoms with E-state index in [0.29, 0.717) is 29.8 Å². The van der Waals surface area contributed by atoms with Crippen molar-refractivity contribution in [2.24, 2.45) is 0 Å². The number of nitrogens with zero attached hydrogens (tertiary/aromatic N) is 3. The van der Waals surface area contributed by atoms with E-state index in [9.17, 15) is 4.79 Å². The molecule has 0 bridgehead atoms. The van der Waals surface area contributed by atoms with Gasteiger partial charge in [-0.3, -0.25) is 0 Å². The molecule has 0 aliphatic carbocycles. The molecule has 1 aliphatic rings. The Morgan fingerprint density at radius 2 is 1.93 bits per heavy atom. The van der Waals surface area contributed by atoms with Crippen LogP contribution in [0.15, 0.2) is 53.1 Å². The molecule has 2 amide bonds. The zero-order valence-electron chi connectivity index (χ0n) is 15.6. The van der Waals surface area contributed by atoms with E-state index in [1.165, 1.54) is 0 Å². The molecular formula is C21H21ClN4O2. The van der Waals surface area contributed by atoms with Gasteiger partial charge in [0, 0.05) is 29.4 Å². The Kier molecular flexibility index (Phi) is 5.30. The fourth-order valence-electron chi connectivity index (χ4n) is 3.32. The number of aryl methyl sites for hydroxylation is 1. The third-order valence-corrected chi connectivity index (χ3v) is 5.16. The number of hydrogen-bond acceptors (Lipinski definition) is 4. The number of nitrogens with one attached hydrogen (secondary N) is 1. The third-order valence-electron chi connectivity index (χ3n) is 4.90. The molecule has 1 unspecified atom stereocenters. The molecule has 6 nitrogen and oxygen atoms in total. The highest BCUT2D eigenvalue weighted by atomic mass is 35.5. The molecule has 3 aromatic rings. The van der Waals surface area contributed by atoms with Crippen molar-refractivity contribution >= 4 is 23.3 Å². The van der Waals surface area contributed by atoms with Gasteiger partial charge in [0.25, 0.3) is 0 Å². The fraction of sp³-hybridized carbons (Fsp3) is 0.286. The van der Waals surface area contributed by atoms with Crippen LogP contribution in [0.3, 0.4) is 0 Å². The number of rotatable bonds is 3. The standard InChI is InChI=1S/C21H21ClN4O2/c1-14-4-10-18(11-5-14)23-21(27)26-12-2-3-16(13-26)20-24-19(25-28-20)15-6-8-17(22)9-7-15/h4-11,16H,2-3,12-13H2,1H3,(H,23,27). The van der Waals surface area contributed by atoms with Crippen LogP contribution in [0.5, 0.6) is 0 Å². The average Bonchev–Trinajstić information content (AvgIpc) is 3.21. The van der Waals surface area contributed by atoms with E-state index in [1.807, 2.05) is 43.3 Å². The van der Waals surface area contributed by atoms with Crippen molar-refractivity contribution in [3.8, 4) is 11.4 Å². The van der Waals surface area contributed by atoms with Crippen molar-refractivity contribution in [3.63, 3.8) is 0 Å². The maximum atomic E-state index is 12.6. The summed E-state index contributed by atoms with van der Waals surface area (Å²) in [5, 5.41) is 7.71. The van der Waals surface area contributed by atoms with E-state index >= 15 is 0 Å². The van der Waals surface area contributed by atoms with Crippen molar-refractivity contribution in [3.05, 3.63) is 65.0 Å². The van der Waals surface area contributed by atoms with E-state index in [4.69, 9.17) is 16.1 Å². The zero-order chi connectivity index (χ0) is 19.5. The molecule has 144 valence electrons. The first-order chi connectivity index (χ1) is 13.6. The highest BCUT2D eigenvalue weighted by Gasteiger charge is 2.28. The Labute approximate surface area is 168 Å². The van der Waals surface area contributed by atoms with E-state index < -0.39 is 0 Å². The lowest BCUT2D eigenvalue weighted by Crippen LogP contribution is -2.41. The quantitative estimate of drug-likeness (QED) is 0.667. The molecule has 28 heavy (non-hydrogen) atoms. The molecule has 1 saturated heterocycles. The van der Waals surface area contributed by atoms with Gasteiger partial charge in [-0.25, -0.2) is 4.79 Å². The van der Waals surface area contributed by atoms with Gasteiger partial charge in [0.1, 0.15) is 0 Å². The summed E-state index contributed by atoms with van der Waals surface area (Å²) in [6, 6.07) is 15.0. The molecule has 2 aromatic carbocycles. The Morgan fingerprint density at radius 1 is 1.18 bits per heavy atom. The molecule has 7 heteroatoms.